The minimum Gasteiger partial charge on any atom is -0.332 e. The molecule has 0 aliphatic carbocycles. The lowest BCUT2D eigenvalue weighted by molar-refractivity contribution is 0.214. The van der Waals surface area contributed by atoms with Crippen LogP contribution in [0.2, 0.25) is 0 Å². The number of aryl methyl sites for hydroxylation is 2. The average Bonchev–Trinajstić information content (AvgIpc) is 3.36. The number of aromatic nitrogens is 5. The minimum atomic E-state index is -0.222. The van der Waals surface area contributed by atoms with Crippen LogP contribution in [0.5, 0.6) is 0 Å². The van der Waals surface area contributed by atoms with Gasteiger partial charge in [0, 0.05) is 30.3 Å². The number of likely N-dealkylation sites (tertiary alicyclic amines) is 1. The van der Waals surface area contributed by atoms with Gasteiger partial charge in [0.1, 0.15) is 18.5 Å². The Labute approximate surface area is 158 Å². The van der Waals surface area contributed by atoms with Crippen molar-refractivity contribution in [3.8, 4) is 11.3 Å². The highest BCUT2D eigenvalue weighted by atomic mass is 19.1. The number of likely N-dealkylation sites (N-methyl/N-ethyl adjacent to an activating group) is 1. The Morgan fingerprint density at radius 1 is 1.15 bits per heavy atom. The second-order valence-electron chi connectivity index (χ2n) is 7.07. The van der Waals surface area contributed by atoms with Crippen molar-refractivity contribution in [3.05, 3.63) is 54.8 Å². The third kappa shape index (κ3) is 3.93. The summed E-state index contributed by atoms with van der Waals surface area (Å²) in [5.74, 6) is 0.206. The number of hydrogen-bond acceptors (Lipinski definition) is 4. The zero-order valence-electron chi connectivity index (χ0n) is 15.6. The number of benzene rings is 1. The van der Waals surface area contributed by atoms with E-state index in [1.165, 1.54) is 24.2 Å². The molecule has 3 heterocycles. The smallest absolute Gasteiger partial charge is 0.137 e. The van der Waals surface area contributed by atoms with Crippen LogP contribution in [-0.2, 0) is 13.1 Å². The molecule has 0 saturated carbocycles. The molecule has 3 aromatic rings. The summed E-state index contributed by atoms with van der Waals surface area (Å²) in [7, 11) is 0. The summed E-state index contributed by atoms with van der Waals surface area (Å²) < 4.78 is 17.5. The van der Waals surface area contributed by atoms with Gasteiger partial charge >= 0.3 is 0 Å². The Balaban J connectivity index is 1.67. The van der Waals surface area contributed by atoms with Crippen LogP contribution in [0.1, 0.15) is 31.4 Å². The van der Waals surface area contributed by atoms with E-state index in [9.17, 15) is 4.39 Å². The fraction of sp³-hybridized carbons (Fsp3) is 0.450. The van der Waals surface area contributed by atoms with E-state index in [-0.39, 0.29) is 5.82 Å². The molecule has 0 N–H and O–H groups in total. The Hall–Kier alpha value is -2.54. The van der Waals surface area contributed by atoms with Crippen molar-refractivity contribution >= 4 is 0 Å². The fourth-order valence-corrected chi connectivity index (χ4v) is 3.95. The highest BCUT2D eigenvalue weighted by Gasteiger charge is 2.26. The van der Waals surface area contributed by atoms with Crippen molar-refractivity contribution in [2.45, 2.75) is 38.8 Å². The van der Waals surface area contributed by atoms with Gasteiger partial charge in [-0.25, -0.2) is 14.4 Å². The van der Waals surface area contributed by atoms with E-state index in [1.54, 1.807) is 12.7 Å². The highest BCUT2D eigenvalue weighted by Crippen LogP contribution is 2.34. The molecule has 4 rings (SSSR count). The third-order valence-electron chi connectivity index (χ3n) is 5.37. The SMILES string of the molecule is CCN1CCCC(c2c(-c3ccc(F)cc3)ncn2CCn2cncn2)C1. The van der Waals surface area contributed by atoms with Crippen LogP contribution in [0.15, 0.2) is 43.2 Å². The topological polar surface area (TPSA) is 51.8 Å². The molecule has 0 amide bonds. The zero-order valence-corrected chi connectivity index (χ0v) is 15.6. The average molecular weight is 368 g/mol. The lowest BCUT2D eigenvalue weighted by atomic mass is 9.91. The first-order valence-corrected chi connectivity index (χ1v) is 9.60. The third-order valence-corrected chi connectivity index (χ3v) is 5.37. The van der Waals surface area contributed by atoms with Crippen LogP contribution in [-0.4, -0.2) is 48.8 Å². The summed E-state index contributed by atoms with van der Waals surface area (Å²) in [6.45, 7) is 7.01. The molecule has 6 nitrogen and oxygen atoms in total. The Morgan fingerprint density at radius 3 is 2.74 bits per heavy atom. The normalized spacial score (nSPS) is 18.1. The zero-order chi connectivity index (χ0) is 18.6. The Kier molecular flexibility index (Phi) is 5.29. The molecule has 142 valence electrons. The van der Waals surface area contributed by atoms with E-state index >= 15 is 0 Å². The molecule has 1 atom stereocenters. The number of hydrogen-bond donors (Lipinski definition) is 0. The molecule has 0 bridgehead atoms. The summed E-state index contributed by atoms with van der Waals surface area (Å²) in [5.41, 5.74) is 3.19. The summed E-state index contributed by atoms with van der Waals surface area (Å²) >= 11 is 0. The van der Waals surface area contributed by atoms with Gasteiger partial charge in [0.2, 0.25) is 0 Å². The van der Waals surface area contributed by atoms with E-state index in [2.05, 4.69) is 26.5 Å². The predicted octanol–water partition coefficient (Wildman–Crippen LogP) is 3.18. The van der Waals surface area contributed by atoms with E-state index < -0.39 is 0 Å². The molecular formula is C20H25FN6. The molecule has 2 aromatic heterocycles. The van der Waals surface area contributed by atoms with Crippen molar-refractivity contribution in [1.29, 1.82) is 0 Å². The van der Waals surface area contributed by atoms with Crippen LogP contribution in [0.4, 0.5) is 4.39 Å². The van der Waals surface area contributed by atoms with Crippen molar-refractivity contribution in [2.75, 3.05) is 19.6 Å². The van der Waals surface area contributed by atoms with Gasteiger partial charge in [-0.2, -0.15) is 5.10 Å². The first kappa shape index (κ1) is 17.9. The fourth-order valence-electron chi connectivity index (χ4n) is 3.95. The number of rotatable bonds is 6. The second kappa shape index (κ2) is 8.00. The first-order chi connectivity index (χ1) is 13.2. The van der Waals surface area contributed by atoms with E-state index in [4.69, 9.17) is 4.98 Å². The van der Waals surface area contributed by atoms with Crippen molar-refractivity contribution in [2.24, 2.45) is 0 Å². The molecule has 1 unspecified atom stereocenters. The summed E-state index contributed by atoms with van der Waals surface area (Å²) in [5, 5.41) is 4.20. The summed E-state index contributed by atoms with van der Waals surface area (Å²) in [4.78, 5) is 11.2. The second-order valence-corrected chi connectivity index (χ2v) is 7.07. The highest BCUT2D eigenvalue weighted by molar-refractivity contribution is 5.62. The Morgan fingerprint density at radius 2 is 2.00 bits per heavy atom. The molecule has 1 aliphatic rings. The number of imidazole rings is 1. The molecule has 27 heavy (non-hydrogen) atoms. The number of halogens is 1. The van der Waals surface area contributed by atoms with Crippen molar-refractivity contribution < 1.29 is 4.39 Å². The molecular weight excluding hydrogens is 343 g/mol. The molecule has 1 saturated heterocycles. The van der Waals surface area contributed by atoms with Crippen molar-refractivity contribution in [3.63, 3.8) is 0 Å². The maximum atomic E-state index is 13.4. The van der Waals surface area contributed by atoms with Crippen LogP contribution in [0, 0.1) is 5.82 Å². The molecule has 1 fully saturated rings. The van der Waals surface area contributed by atoms with Gasteiger partial charge in [0.25, 0.3) is 0 Å². The van der Waals surface area contributed by atoms with E-state index in [0.717, 1.165) is 50.4 Å². The Bertz CT molecular complexity index is 855. The van der Waals surface area contributed by atoms with Gasteiger partial charge < -0.3 is 9.47 Å². The number of piperidine rings is 1. The molecule has 0 spiro atoms. The monoisotopic (exact) mass is 368 g/mol. The van der Waals surface area contributed by atoms with Gasteiger partial charge in [-0.3, -0.25) is 4.68 Å². The molecule has 0 radical (unpaired) electrons. The predicted molar refractivity (Wildman–Crippen MR) is 102 cm³/mol. The maximum absolute atomic E-state index is 13.4. The lowest BCUT2D eigenvalue weighted by Crippen LogP contribution is -2.35. The summed E-state index contributed by atoms with van der Waals surface area (Å²) in [6.07, 6.45) is 7.54. The van der Waals surface area contributed by atoms with Gasteiger partial charge in [-0.1, -0.05) is 6.92 Å². The van der Waals surface area contributed by atoms with Crippen LogP contribution in [0.25, 0.3) is 11.3 Å². The van der Waals surface area contributed by atoms with Crippen LogP contribution in [0.3, 0.4) is 0 Å². The quantitative estimate of drug-likeness (QED) is 0.671. The maximum Gasteiger partial charge on any atom is 0.137 e. The molecule has 7 heteroatoms. The standard InChI is InChI=1S/C20H25FN6/c1-2-25-9-3-4-17(12-25)20-19(16-5-7-18(21)8-6-16)23-15-26(20)10-11-27-14-22-13-24-27/h5-8,13-15,17H,2-4,9-12H2,1H3. The molecule has 1 aromatic carbocycles. The summed E-state index contributed by atoms with van der Waals surface area (Å²) in [6, 6.07) is 6.66. The van der Waals surface area contributed by atoms with Crippen LogP contribution >= 0.6 is 0 Å². The van der Waals surface area contributed by atoms with Gasteiger partial charge in [0.15, 0.2) is 0 Å². The van der Waals surface area contributed by atoms with Crippen LogP contribution < -0.4 is 0 Å². The van der Waals surface area contributed by atoms with Gasteiger partial charge in [0.05, 0.1) is 18.6 Å². The van der Waals surface area contributed by atoms with Gasteiger partial charge in [-0.15, -0.1) is 0 Å². The lowest BCUT2D eigenvalue weighted by Gasteiger charge is -2.32. The van der Waals surface area contributed by atoms with Gasteiger partial charge in [-0.05, 0) is 50.2 Å². The number of nitrogens with zero attached hydrogens (tertiary/aromatic N) is 6. The largest absolute Gasteiger partial charge is 0.332 e. The van der Waals surface area contributed by atoms with Crippen molar-refractivity contribution in [1.82, 2.24) is 29.2 Å². The van der Waals surface area contributed by atoms with E-state index in [0.29, 0.717) is 5.92 Å². The molecule has 1 aliphatic heterocycles. The first-order valence-electron chi connectivity index (χ1n) is 9.60. The van der Waals surface area contributed by atoms with E-state index in [1.807, 2.05) is 23.1 Å². The minimum absolute atomic E-state index is 0.222.